The van der Waals surface area contributed by atoms with Gasteiger partial charge >= 0.3 is 0 Å². The number of rotatable bonds is 6. The Hall–Kier alpha value is -2.01. The number of nitrogens with one attached hydrogen (secondary N) is 1. The molecular formula is C15H18N2O2S. The highest BCUT2D eigenvalue weighted by atomic mass is 32.1. The Bertz CT molecular complexity index is 593. The van der Waals surface area contributed by atoms with Crippen molar-refractivity contribution in [3.05, 3.63) is 46.2 Å². The predicted molar refractivity (Wildman–Crippen MR) is 82.4 cm³/mol. The molecule has 1 aromatic heterocycles. The van der Waals surface area contributed by atoms with Gasteiger partial charge in [0.2, 0.25) is 5.91 Å². The molecule has 0 radical (unpaired) electrons. The van der Waals surface area contributed by atoms with Gasteiger partial charge in [0.1, 0.15) is 5.75 Å². The molecule has 0 saturated heterocycles. The molecule has 0 atom stereocenters. The van der Waals surface area contributed by atoms with Crippen LogP contribution in [0.15, 0.2) is 35.7 Å². The first kappa shape index (κ1) is 14.4. The van der Waals surface area contributed by atoms with E-state index in [4.69, 9.17) is 10.5 Å². The minimum absolute atomic E-state index is 0.126. The van der Waals surface area contributed by atoms with Crippen LogP contribution in [0.2, 0.25) is 0 Å². The van der Waals surface area contributed by atoms with E-state index in [9.17, 15) is 4.79 Å². The van der Waals surface area contributed by atoms with Gasteiger partial charge in [0.15, 0.2) is 0 Å². The van der Waals surface area contributed by atoms with Crippen LogP contribution in [0.25, 0.3) is 0 Å². The van der Waals surface area contributed by atoms with Crippen molar-refractivity contribution in [3.63, 3.8) is 0 Å². The molecule has 1 heterocycles. The van der Waals surface area contributed by atoms with E-state index < -0.39 is 5.91 Å². The molecule has 0 bridgehead atoms. The summed E-state index contributed by atoms with van der Waals surface area (Å²) in [6.45, 7) is 4.63. The molecule has 5 heteroatoms. The van der Waals surface area contributed by atoms with Gasteiger partial charge < -0.3 is 15.8 Å². The van der Waals surface area contributed by atoms with E-state index in [0.717, 1.165) is 16.3 Å². The molecule has 0 fully saturated rings. The molecule has 0 unspecified atom stereocenters. The number of carbonyl (C=O) groups excluding carboxylic acids is 1. The lowest BCUT2D eigenvalue weighted by Gasteiger charge is -2.15. The number of benzene rings is 1. The molecule has 0 aliphatic heterocycles. The Morgan fingerprint density at radius 1 is 1.40 bits per heavy atom. The molecule has 0 aliphatic carbocycles. The zero-order valence-corrected chi connectivity index (χ0v) is 12.4. The fraction of sp³-hybridized carbons (Fsp3) is 0.267. The Labute approximate surface area is 122 Å². The lowest BCUT2D eigenvalue weighted by Crippen LogP contribution is -2.09. The molecule has 20 heavy (non-hydrogen) atoms. The second kappa shape index (κ2) is 6.43. The minimum Gasteiger partial charge on any atom is -0.489 e. The normalized spacial score (nSPS) is 10.6. The number of ether oxygens (including phenoxy) is 1. The number of carbonyl (C=O) groups is 1. The zero-order valence-electron chi connectivity index (χ0n) is 11.6. The van der Waals surface area contributed by atoms with Gasteiger partial charge in [-0.1, -0.05) is 12.1 Å². The highest BCUT2D eigenvalue weighted by molar-refractivity contribution is 7.10. The third kappa shape index (κ3) is 3.74. The van der Waals surface area contributed by atoms with Crippen molar-refractivity contribution in [3.8, 4) is 5.75 Å². The molecule has 106 valence electrons. The van der Waals surface area contributed by atoms with Crippen molar-refractivity contribution in [2.45, 2.75) is 26.5 Å². The van der Waals surface area contributed by atoms with Gasteiger partial charge in [-0.3, -0.25) is 4.79 Å². The molecule has 3 N–H and O–H groups in total. The first-order valence-electron chi connectivity index (χ1n) is 6.43. The number of hydrogen-bond acceptors (Lipinski definition) is 4. The van der Waals surface area contributed by atoms with E-state index >= 15 is 0 Å². The maximum absolute atomic E-state index is 11.1. The van der Waals surface area contributed by atoms with Crippen molar-refractivity contribution >= 4 is 22.9 Å². The maximum atomic E-state index is 11.1. The van der Waals surface area contributed by atoms with Crippen LogP contribution in [0.1, 0.15) is 29.1 Å². The third-order valence-corrected chi connectivity index (χ3v) is 3.58. The molecule has 0 saturated carbocycles. The summed E-state index contributed by atoms with van der Waals surface area (Å²) in [6, 6.07) is 9.62. The van der Waals surface area contributed by atoms with Crippen molar-refractivity contribution in [1.29, 1.82) is 0 Å². The summed E-state index contributed by atoms with van der Waals surface area (Å²) < 4.78 is 5.74. The van der Waals surface area contributed by atoms with E-state index in [0.29, 0.717) is 12.1 Å². The van der Waals surface area contributed by atoms with E-state index in [1.807, 2.05) is 44.2 Å². The quantitative estimate of drug-likeness (QED) is 0.858. The van der Waals surface area contributed by atoms with Crippen LogP contribution in [-0.4, -0.2) is 12.0 Å². The number of hydrogen-bond donors (Lipinski definition) is 2. The Morgan fingerprint density at radius 3 is 2.80 bits per heavy atom. The second-order valence-electron chi connectivity index (χ2n) is 4.68. The number of thiophene rings is 1. The second-order valence-corrected chi connectivity index (χ2v) is 5.68. The smallest absolute Gasteiger partial charge is 0.249 e. The van der Waals surface area contributed by atoms with Gasteiger partial charge in [0.05, 0.1) is 17.4 Å². The molecular weight excluding hydrogens is 272 g/mol. The van der Waals surface area contributed by atoms with Crippen LogP contribution < -0.4 is 15.8 Å². The Kier molecular flexibility index (Phi) is 4.63. The molecule has 0 aliphatic rings. The number of nitrogens with two attached hydrogens (primary N) is 1. The van der Waals surface area contributed by atoms with E-state index in [2.05, 4.69) is 5.32 Å². The summed E-state index contributed by atoms with van der Waals surface area (Å²) in [5.41, 5.74) is 6.73. The van der Waals surface area contributed by atoms with E-state index in [-0.39, 0.29) is 6.10 Å². The molecule has 2 rings (SSSR count). The summed E-state index contributed by atoms with van der Waals surface area (Å²) in [4.78, 5) is 12.1. The summed E-state index contributed by atoms with van der Waals surface area (Å²) in [6.07, 6.45) is 0.126. The minimum atomic E-state index is -0.393. The highest BCUT2D eigenvalue weighted by Gasteiger charge is 2.07. The zero-order chi connectivity index (χ0) is 14.5. The summed E-state index contributed by atoms with van der Waals surface area (Å²) >= 11 is 1.51. The summed E-state index contributed by atoms with van der Waals surface area (Å²) in [5.74, 6) is 0.435. The fourth-order valence-electron chi connectivity index (χ4n) is 1.75. The van der Waals surface area contributed by atoms with E-state index in [1.54, 1.807) is 5.38 Å². The molecule has 4 nitrogen and oxygen atoms in total. The van der Waals surface area contributed by atoms with Gasteiger partial charge in [0, 0.05) is 16.8 Å². The van der Waals surface area contributed by atoms with Gasteiger partial charge in [-0.25, -0.2) is 0 Å². The SMILES string of the molecule is CC(C)Oc1ccccc1NCc1cc(C(N)=O)cs1. The average molecular weight is 290 g/mol. The molecule has 0 spiro atoms. The lowest BCUT2D eigenvalue weighted by molar-refractivity contribution is 0.100. The van der Waals surface area contributed by atoms with Gasteiger partial charge in [-0.15, -0.1) is 11.3 Å². The number of primary amides is 1. The first-order chi connectivity index (χ1) is 9.56. The van der Waals surface area contributed by atoms with Crippen LogP contribution in [0, 0.1) is 0 Å². The standard InChI is InChI=1S/C15H18N2O2S/c1-10(2)19-14-6-4-3-5-13(14)17-8-12-7-11(9-20-12)15(16)18/h3-7,9-10,17H,8H2,1-2H3,(H2,16,18). The predicted octanol–water partition coefficient (Wildman–Crippen LogP) is 3.25. The highest BCUT2D eigenvalue weighted by Crippen LogP contribution is 2.26. The van der Waals surface area contributed by atoms with Gasteiger partial charge in [0.25, 0.3) is 0 Å². The number of amides is 1. The van der Waals surface area contributed by atoms with Crippen LogP contribution in [0.3, 0.4) is 0 Å². The van der Waals surface area contributed by atoms with E-state index in [1.165, 1.54) is 11.3 Å². The van der Waals surface area contributed by atoms with Crippen LogP contribution in [-0.2, 0) is 6.54 Å². The summed E-state index contributed by atoms with van der Waals surface area (Å²) in [5, 5.41) is 5.09. The van der Waals surface area contributed by atoms with Crippen molar-refractivity contribution in [2.75, 3.05) is 5.32 Å². The van der Waals surface area contributed by atoms with Crippen molar-refractivity contribution in [2.24, 2.45) is 5.73 Å². The number of para-hydroxylation sites is 2. The molecule has 2 aromatic rings. The maximum Gasteiger partial charge on any atom is 0.249 e. The Balaban J connectivity index is 2.04. The third-order valence-electron chi connectivity index (χ3n) is 2.64. The molecule has 1 aromatic carbocycles. The van der Waals surface area contributed by atoms with Crippen LogP contribution >= 0.6 is 11.3 Å². The topological polar surface area (TPSA) is 64.3 Å². The summed E-state index contributed by atoms with van der Waals surface area (Å²) in [7, 11) is 0. The number of anilines is 1. The monoisotopic (exact) mass is 290 g/mol. The fourth-order valence-corrected chi connectivity index (χ4v) is 2.57. The van der Waals surface area contributed by atoms with Crippen molar-refractivity contribution in [1.82, 2.24) is 0 Å². The van der Waals surface area contributed by atoms with Gasteiger partial charge in [-0.2, -0.15) is 0 Å². The lowest BCUT2D eigenvalue weighted by atomic mass is 10.2. The average Bonchev–Trinajstić information content (AvgIpc) is 2.86. The first-order valence-corrected chi connectivity index (χ1v) is 7.31. The van der Waals surface area contributed by atoms with Gasteiger partial charge in [-0.05, 0) is 32.0 Å². The molecule has 1 amide bonds. The van der Waals surface area contributed by atoms with Crippen molar-refractivity contribution < 1.29 is 9.53 Å². The van der Waals surface area contributed by atoms with Crippen LogP contribution in [0.4, 0.5) is 5.69 Å². The Morgan fingerprint density at radius 2 is 2.15 bits per heavy atom. The largest absolute Gasteiger partial charge is 0.489 e. The van der Waals surface area contributed by atoms with Crippen LogP contribution in [0.5, 0.6) is 5.75 Å².